The lowest BCUT2D eigenvalue weighted by Gasteiger charge is -2.23. The van der Waals surface area contributed by atoms with Crippen molar-refractivity contribution in [3.8, 4) is 5.75 Å². The zero-order valence-corrected chi connectivity index (χ0v) is 14.1. The number of rotatable bonds is 5. The van der Waals surface area contributed by atoms with Crippen molar-refractivity contribution in [1.29, 1.82) is 0 Å². The third-order valence-electron chi connectivity index (χ3n) is 3.64. The van der Waals surface area contributed by atoms with Gasteiger partial charge in [-0.1, -0.05) is 20.8 Å². The Morgan fingerprint density at radius 2 is 1.76 bits per heavy atom. The molecule has 0 heterocycles. The van der Waals surface area contributed by atoms with Gasteiger partial charge in [-0.15, -0.1) is 0 Å². The van der Waals surface area contributed by atoms with Crippen molar-refractivity contribution < 1.29 is 13.2 Å². The van der Waals surface area contributed by atoms with Crippen molar-refractivity contribution in [2.45, 2.75) is 44.3 Å². The van der Waals surface area contributed by atoms with Gasteiger partial charge in [-0.2, -0.15) is 0 Å². The molecule has 1 saturated carbocycles. The average Bonchev–Trinajstić information content (AvgIpc) is 3.20. The van der Waals surface area contributed by atoms with Crippen LogP contribution in [0.25, 0.3) is 0 Å². The second-order valence-corrected chi connectivity index (χ2v) is 8.41. The molecule has 0 saturated heterocycles. The van der Waals surface area contributed by atoms with E-state index in [9.17, 15) is 8.42 Å². The molecular weight excluding hydrogens is 288 g/mol. The maximum absolute atomic E-state index is 12.2. The molecule has 2 rings (SSSR count). The van der Waals surface area contributed by atoms with Crippen LogP contribution in [-0.4, -0.2) is 27.8 Å². The Labute approximate surface area is 127 Å². The Morgan fingerprint density at radius 3 is 2.19 bits per heavy atom. The van der Waals surface area contributed by atoms with Gasteiger partial charge in [0.2, 0.25) is 10.0 Å². The number of sulfonamides is 1. The molecule has 21 heavy (non-hydrogen) atoms. The first-order valence-corrected chi connectivity index (χ1v) is 8.65. The lowest BCUT2D eigenvalue weighted by Crippen LogP contribution is -2.19. The van der Waals surface area contributed by atoms with Crippen LogP contribution < -0.4 is 14.8 Å². The van der Waals surface area contributed by atoms with E-state index in [2.05, 4.69) is 30.8 Å². The van der Waals surface area contributed by atoms with E-state index in [-0.39, 0.29) is 10.7 Å². The van der Waals surface area contributed by atoms with E-state index in [1.807, 2.05) is 12.1 Å². The number of hydrogen-bond acceptors (Lipinski definition) is 4. The van der Waals surface area contributed by atoms with Gasteiger partial charge in [0.15, 0.2) is 5.75 Å². The van der Waals surface area contributed by atoms with Gasteiger partial charge in [-0.25, -0.2) is 8.42 Å². The molecule has 0 aliphatic heterocycles. The molecule has 1 aliphatic carbocycles. The van der Waals surface area contributed by atoms with Crippen LogP contribution in [0, 0.1) is 0 Å². The SMILES string of the molecule is CNc1cc(C(C)(C)C)cc(NS(=O)(=O)C2CC2)c1OC. The van der Waals surface area contributed by atoms with Gasteiger partial charge in [0.05, 0.1) is 23.7 Å². The molecule has 118 valence electrons. The largest absolute Gasteiger partial charge is 0.492 e. The lowest BCUT2D eigenvalue weighted by atomic mass is 9.86. The summed E-state index contributed by atoms with van der Waals surface area (Å²) in [5, 5.41) is 2.80. The fourth-order valence-electron chi connectivity index (χ4n) is 2.16. The van der Waals surface area contributed by atoms with Gasteiger partial charge in [0.1, 0.15) is 0 Å². The first-order valence-electron chi connectivity index (χ1n) is 7.11. The van der Waals surface area contributed by atoms with Crippen molar-refractivity contribution in [3.05, 3.63) is 17.7 Å². The molecule has 1 aliphatic rings. The maximum atomic E-state index is 12.2. The smallest absolute Gasteiger partial charge is 0.235 e. The topological polar surface area (TPSA) is 67.4 Å². The molecule has 6 heteroatoms. The van der Waals surface area contributed by atoms with Crippen molar-refractivity contribution in [2.75, 3.05) is 24.2 Å². The number of methoxy groups -OCH3 is 1. The van der Waals surface area contributed by atoms with E-state index < -0.39 is 10.0 Å². The van der Waals surface area contributed by atoms with Crippen LogP contribution in [0.4, 0.5) is 11.4 Å². The summed E-state index contributed by atoms with van der Waals surface area (Å²) in [4.78, 5) is 0. The van der Waals surface area contributed by atoms with Crippen LogP contribution in [-0.2, 0) is 15.4 Å². The normalized spacial score (nSPS) is 15.7. The third kappa shape index (κ3) is 3.43. The lowest BCUT2D eigenvalue weighted by molar-refractivity contribution is 0.418. The molecule has 0 aromatic heterocycles. The molecule has 0 amide bonds. The minimum atomic E-state index is -3.32. The second-order valence-electron chi connectivity index (χ2n) is 6.45. The standard InChI is InChI=1S/C15H24N2O3S/c1-15(2,3)10-8-12(16-4)14(20-5)13(9-10)17-21(18,19)11-6-7-11/h8-9,11,16-17H,6-7H2,1-5H3. The highest BCUT2D eigenvalue weighted by molar-refractivity contribution is 7.93. The van der Waals surface area contributed by atoms with Crippen molar-refractivity contribution in [1.82, 2.24) is 0 Å². The van der Waals surface area contributed by atoms with E-state index in [0.717, 1.165) is 24.1 Å². The molecule has 0 radical (unpaired) electrons. The van der Waals surface area contributed by atoms with Crippen LogP contribution >= 0.6 is 0 Å². The first kappa shape index (κ1) is 15.9. The van der Waals surface area contributed by atoms with E-state index >= 15 is 0 Å². The predicted octanol–water partition coefficient (Wildman–Crippen LogP) is 2.94. The summed E-state index contributed by atoms with van der Waals surface area (Å²) in [5.41, 5.74) is 2.23. The number of ether oxygens (including phenoxy) is 1. The summed E-state index contributed by atoms with van der Waals surface area (Å²) >= 11 is 0. The molecule has 1 aromatic rings. The highest BCUT2D eigenvalue weighted by Gasteiger charge is 2.36. The van der Waals surface area contributed by atoms with Crippen LogP contribution in [0.2, 0.25) is 0 Å². The number of nitrogens with one attached hydrogen (secondary N) is 2. The Kier molecular flexibility index (Phi) is 4.10. The Bertz CT molecular complexity index is 629. The summed E-state index contributed by atoms with van der Waals surface area (Å²) in [6.45, 7) is 6.27. The summed E-state index contributed by atoms with van der Waals surface area (Å²) < 4.78 is 32.5. The molecule has 0 unspecified atom stereocenters. The monoisotopic (exact) mass is 312 g/mol. The van der Waals surface area contributed by atoms with Crippen molar-refractivity contribution >= 4 is 21.4 Å². The number of benzene rings is 1. The summed E-state index contributed by atoms with van der Waals surface area (Å²) in [6.07, 6.45) is 1.46. The van der Waals surface area contributed by atoms with Gasteiger partial charge < -0.3 is 10.1 Å². The van der Waals surface area contributed by atoms with Crippen LogP contribution in [0.1, 0.15) is 39.2 Å². The zero-order valence-electron chi connectivity index (χ0n) is 13.3. The maximum Gasteiger partial charge on any atom is 0.235 e. The Hall–Kier alpha value is -1.43. The summed E-state index contributed by atoms with van der Waals surface area (Å²) in [6, 6.07) is 3.85. The van der Waals surface area contributed by atoms with Crippen LogP contribution in [0.5, 0.6) is 5.75 Å². The second kappa shape index (κ2) is 5.40. The van der Waals surface area contributed by atoms with E-state index in [1.54, 1.807) is 14.2 Å². The quantitative estimate of drug-likeness (QED) is 0.877. The van der Waals surface area contributed by atoms with Crippen molar-refractivity contribution in [2.24, 2.45) is 0 Å². The van der Waals surface area contributed by atoms with Gasteiger partial charge in [-0.3, -0.25) is 4.72 Å². The zero-order chi connectivity index (χ0) is 15.8. The number of hydrogen-bond donors (Lipinski definition) is 2. The highest BCUT2D eigenvalue weighted by Crippen LogP contribution is 2.40. The molecule has 1 aromatic carbocycles. The van der Waals surface area contributed by atoms with Crippen molar-refractivity contribution in [3.63, 3.8) is 0 Å². The van der Waals surface area contributed by atoms with Gasteiger partial charge in [0.25, 0.3) is 0 Å². The highest BCUT2D eigenvalue weighted by atomic mass is 32.2. The van der Waals surface area contributed by atoms with Gasteiger partial charge in [0, 0.05) is 7.05 Å². The Balaban J connectivity index is 2.51. The fraction of sp³-hybridized carbons (Fsp3) is 0.600. The van der Waals surface area contributed by atoms with Crippen LogP contribution in [0.15, 0.2) is 12.1 Å². The van der Waals surface area contributed by atoms with Gasteiger partial charge in [-0.05, 0) is 36.0 Å². The van der Waals surface area contributed by atoms with E-state index in [4.69, 9.17) is 4.74 Å². The molecule has 5 nitrogen and oxygen atoms in total. The van der Waals surface area contributed by atoms with E-state index in [1.165, 1.54) is 0 Å². The average molecular weight is 312 g/mol. The van der Waals surface area contributed by atoms with Gasteiger partial charge >= 0.3 is 0 Å². The fourth-order valence-corrected chi connectivity index (χ4v) is 3.54. The third-order valence-corrected chi connectivity index (χ3v) is 5.50. The summed E-state index contributed by atoms with van der Waals surface area (Å²) in [7, 11) is 0.0209. The first-order chi connectivity index (χ1) is 9.69. The molecular formula is C15H24N2O3S. The molecule has 1 fully saturated rings. The minimum Gasteiger partial charge on any atom is -0.492 e. The number of anilines is 2. The molecule has 2 N–H and O–H groups in total. The molecule has 0 bridgehead atoms. The minimum absolute atomic E-state index is 0.0857. The molecule has 0 atom stereocenters. The van der Waals surface area contributed by atoms with E-state index in [0.29, 0.717) is 11.4 Å². The van der Waals surface area contributed by atoms with Crippen LogP contribution in [0.3, 0.4) is 0 Å². The summed E-state index contributed by atoms with van der Waals surface area (Å²) in [5.74, 6) is 0.523. The predicted molar refractivity (Wildman–Crippen MR) is 86.8 cm³/mol. The Morgan fingerprint density at radius 1 is 1.19 bits per heavy atom. The molecule has 0 spiro atoms.